The van der Waals surface area contributed by atoms with Gasteiger partial charge in [0.2, 0.25) is 5.91 Å². The molecule has 11 heteroatoms. The predicted molar refractivity (Wildman–Crippen MR) is 117 cm³/mol. The second-order valence-corrected chi connectivity index (χ2v) is 8.90. The molecule has 7 nitrogen and oxygen atoms in total. The first-order chi connectivity index (χ1) is 16.1. The normalized spacial score (nSPS) is 20.7. The number of carbonyl (C=O) groups excluding carboxylic acids is 3. The maximum absolute atomic E-state index is 13.5. The molecule has 1 N–H and O–H groups in total. The van der Waals surface area contributed by atoms with Gasteiger partial charge in [-0.2, -0.15) is 0 Å². The summed E-state index contributed by atoms with van der Waals surface area (Å²) in [6.07, 6.45) is -4.82. The molecule has 0 radical (unpaired) electrons. The Balaban J connectivity index is 1.60. The second-order valence-electron chi connectivity index (χ2n) is 7.98. The van der Waals surface area contributed by atoms with Gasteiger partial charge < -0.3 is 19.7 Å². The van der Waals surface area contributed by atoms with Crippen molar-refractivity contribution in [2.75, 3.05) is 13.2 Å². The molecular weight excluding hydrogens is 521 g/mol. The van der Waals surface area contributed by atoms with E-state index in [1.54, 1.807) is 24.3 Å². The maximum atomic E-state index is 13.5. The number of nitrogens with zero attached hydrogens (tertiary/aromatic N) is 1. The van der Waals surface area contributed by atoms with E-state index < -0.39 is 36.0 Å². The van der Waals surface area contributed by atoms with Crippen molar-refractivity contribution < 1.29 is 37.0 Å². The molecule has 0 aliphatic carbocycles. The van der Waals surface area contributed by atoms with E-state index in [2.05, 4.69) is 26.0 Å². The largest absolute Gasteiger partial charge is 0.573 e. The molecule has 4 rings (SSSR count). The molecule has 2 saturated heterocycles. The lowest BCUT2D eigenvalue weighted by molar-refractivity contribution is -0.274. The number of alkyl halides is 3. The highest BCUT2D eigenvalue weighted by atomic mass is 79.9. The first kappa shape index (κ1) is 24.2. The van der Waals surface area contributed by atoms with Crippen LogP contribution < -0.4 is 10.1 Å². The zero-order valence-corrected chi connectivity index (χ0v) is 19.3. The van der Waals surface area contributed by atoms with Crippen molar-refractivity contribution in [2.45, 2.75) is 37.4 Å². The van der Waals surface area contributed by atoms with E-state index in [0.717, 1.165) is 10.5 Å². The van der Waals surface area contributed by atoms with Crippen LogP contribution in [0, 0.1) is 0 Å². The molecule has 0 spiro atoms. The number of para-hydroxylation sites is 1. The van der Waals surface area contributed by atoms with E-state index in [1.165, 1.54) is 23.1 Å². The lowest BCUT2D eigenvalue weighted by atomic mass is 10.0. The summed E-state index contributed by atoms with van der Waals surface area (Å²) in [6.45, 7) is 0.200. The van der Waals surface area contributed by atoms with Crippen LogP contribution in [0.2, 0.25) is 0 Å². The van der Waals surface area contributed by atoms with Gasteiger partial charge in [-0.25, -0.2) is 0 Å². The van der Waals surface area contributed by atoms with Gasteiger partial charge in [-0.1, -0.05) is 40.2 Å². The van der Waals surface area contributed by atoms with E-state index in [4.69, 9.17) is 4.74 Å². The van der Waals surface area contributed by atoms with Crippen LogP contribution in [0.25, 0.3) is 0 Å². The Morgan fingerprint density at radius 1 is 1.18 bits per heavy atom. The number of fused-ring (bicyclic) bond motifs is 1. The molecule has 2 aromatic rings. The third-order valence-electron chi connectivity index (χ3n) is 5.71. The number of benzene rings is 2. The minimum Gasteiger partial charge on any atom is -0.405 e. The highest BCUT2D eigenvalue weighted by Crippen LogP contribution is 2.29. The average molecular weight is 541 g/mol. The monoisotopic (exact) mass is 540 g/mol. The van der Waals surface area contributed by atoms with Crippen LogP contribution in [0.3, 0.4) is 0 Å². The van der Waals surface area contributed by atoms with E-state index >= 15 is 0 Å². The number of ketones is 1. The summed E-state index contributed by atoms with van der Waals surface area (Å²) in [5.74, 6) is -2.30. The molecule has 0 bridgehead atoms. The van der Waals surface area contributed by atoms with Gasteiger partial charge >= 0.3 is 6.36 Å². The fraction of sp³-hybridized carbons (Fsp3) is 0.348. The summed E-state index contributed by atoms with van der Waals surface area (Å²) in [6, 6.07) is 10.1. The van der Waals surface area contributed by atoms with Gasteiger partial charge in [0.25, 0.3) is 5.91 Å². The van der Waals surface area contributed by atoms with Gasteiger partial charge in [0.15, 0.2) is 5.78 Å². The van der Waals surface area contributed by atoms with Crippen molar-refractivity contribution in [2.24, 2.45) is 0 Å². The lowest BCUT2D eigenvalue weighted by Crippen LogP contribution is -2.53. The fourth-order valence-corrected chi connectivity index (χ4v) is 4.47. The van der Waals surface area contributed by atoms with Gasteiger partial charge in [0, 0.05) is 17.4 Å². The number of nitrogens with one attached hydrogen (secondary N) is 1. The van der Waals surface area contributed by atoms with Crippen LogP contribution in [0.1, 0.15) is 22.3 Å². The zero-order chi connectivity index (χ0) is 24.5. The van der Waals surface area contributed by atoms with Gasteiger partial charge in [-0.15, -0.1) is 13.2 Å². The molecule has 2 heterocycles. The molecule has 2 amide bonds. The number of carbonyl (C=O) groups is 3. The molecular formula is C23H20BrF3N2O5. The number of halogens is 4. The first-order valence-corrected chi connectivity index (χ1v) is 11.3. The van der Waals surface area contributed by atoms with Gasteiger partial charge in [-0.05, 0) is 36.2 Å². The van der Waals surface area contributed by atoms with E-state index in [9.17, 15) is 27.6 Å². The number of hydrogen-bond donors (Lipinski definition) is 1. The first-order valence-electron chi connectivity index (χ1n) is 10.5. The molecule has 2 fully saturated rings. The predicted octanol–water partition coefficient (Wildman–Crippen LogP) is 3.26. The minimum absolute atomic E-state index is 0.0725. The number of hydrogen-bond acceptors (Lipinski definition) is 5. The summed E-state index contributed by atoms with van der Waals surface area (Å²) >= 11 is 3.33. The number of Topliss-reactive ketones (excluding diaryl/α,β-unsaturated/α-hetero) is 1. The standard InChI is InChI=1S/C23H20BrF3N2O5/c24-14-7-5-13(6-8-14)11-16(22(32)29-10-9-19-20(29)17(30)12-33-19)28-21(31)15-3-1-2-4-18(15)34-23(25,26)27/h1-8,16,19-20H,9-12H2,(H,28,31). The zero-order valence-electron chi connectivity index (χ0n) is 17.7. The van der Waals surface area contributed by atoms with E-state index in [0.29, 0.717) is 12.0 Å². The molecule has 2 aromatic carbocycles. The Bertz CT molecular complexity index is 1090. The van der Waals surface area contributed by atoms with Crippen LogP contribution in [0.15, 0.2) is 53.0 Å². The van der Waals surface area contributed by atoms with Crippen LogP contribution in [-0.4, -0.2) is 60.2 Å². The van der Waals surface area contributed by atoms with Crippen LogP contribution in [0.5, 0.6) is 5.75 Å². The van der Waals surface area contributed by atoms with Crippen molar-refractivity contribution in [3.63, 3.8) is 0 Å². The topological polar surface area (TPSA) is 84.9 Å². The molecule has 0 aromatic heterocycles. The van der Waals surface area contributed by atoms with Crippen LogP contribution in [0.4, 0.5) is 13.2 Å². The summed E-state index contributed by atoms with van der Waals surface area (Å²) < 4.78 is 48.6. The highest BCUT2D eigenvalue weighted by molar-refractivity contribution is 9.10. The van der Waals surface area contributed by atoms with Crippen molar-refractivity contribution in [3.05, 3.63) is 64.1 Å². The van der Waals surface area contributed by atoms with Crippen molar-refractivity contribution in [1.29, 1.82) is 0 Å². The van der Waals surface area contributed by atoms with Crippen LogP contribution in [-0.2, 0) is 20.7 Å². The molecule has 3 unspecified atom stereocenters. The molecule has 0 saturated carbocycles. The summed E-state index contributed by atoms with van der Waals surface area (Å²) in [5.41, 5.74) is 0.347. The lowest BCUT2D eigenvalue weighted by Gasteiger charge is -2.28. The summed E-state index contributed by atoms with van der Waals surface area (Å²) in [7, 11) is 0. The SMILES string of the molecule is O=C(NC(Cc1ccc(Br)cc1)C(=O)N1CCC2OCC(=O)C21)c1ccccc1OC(F)(F)F. The van der Waals surface area contributed by atoms with E-state index in [-0.39, 0.29) is 37.0 Å². The van der Waals surface area contributed by atoms with Crippen molar-refractivity contribution in [1.82, 2.24) is 10.2 Å². The Morgan fingerprint density at radius 3 is 2.59 bits per heavy atom. The molecule has 34 heavy (non-hydrogen) atoms. The number of likely N-dealkylation sites (tertiary alicyclic amines) is 1. The number of rotatable bonds is 6. The Morgan fingerprint density at radius 2 is 1.88 bits per heavy atom. The summed E-state index contributed by atoms with van der Waals surface area (Å²) in [5, 5.41) is 2.55. The highest BCUT2D eigenvalue weighted by Gasteiger charge is 2.48. The summed E-state index contributed by atoms with van der Waals surface area (Å²) in [4.78, 5) is 40.1. The number of amides is 2. The average Bonchev–Trinajstić information content (AvgIpc) is 3.36. The molecule has 2 aliphatic heterocycles. The second kappa shape index (κ2) is 9.75. The molecule has 180 valence electrons. The van der Waals surface area contributed by atoms with Crippen LogP contribution >= 0.6 is 15.9 Å². The Hall–Kier alpha value is -2.92. The third kappa shape index (κ3) is 5.41. The van der Waals surface area contributed by atoms with E-state index in [1.807, 2.05) is 0 Å². The van der Waals surface area contributed by atoms with Gasteiger partial charge in [-0.3, -0.25) is 14.4 Å². The quantitative estimate of drug-likeness (QED) is 0.608. The molecule has 3 atom stereocenters. The van der Waals surface area contributed by atoms with Gasteiger partial charge in [0.05, 0.1) is 11.7 Å². The Labute approximate surface area is 201 Å². The minimum atomic E-state index is -4.99. The number of ether oxygens (including phenoxy) is 2. The third-order valence-corrected chi connectivity index (χ3v) is 6.24. The molecule has 2 aliphatic rings. The van der Waals surface area contributed by atoms with Crippen molar-refractivity contribution in [3.8, 4) is 5.75 Å². The fourth-order valence-electron chi connectivity index (χ4n) is 4.20. The maximum Gasteiger partial charge on any atom is 0.573 e. The van der Waals surface area contributed by atoms with Gasteiger partial charge in [0.1, 0.15) is 24.4 Å². The smallest absolute Gasteiger partial charge is 0.405 e. The Kier molecular flexibility index (Phi) is 6.94. The van der Waals surface area contributed by atoms with Crippen molar-refractivity contribution >= 4 is 33.5 Å².